The Kier molecular flexibility index (Phi) is 2.37. The second-order valence-corrected chi connectivity index (χ2v) is 3.84. The first-order valence-electron chi connectivity index (χ1n) is 4.96. The SMILES string of the molecule is Cc1cc(C)n(C2CCNC2)c(=O)n1. The Balaban J connectivity index is 2.46. The third kappa shape index (κ3) is 1.57. The molecule has 1 saturated heterocycles. The van der Waals surface area contributed by atoms with Gasteiger partial charge in [0.25, 0.3) is 0 Å². The van der Waals surface area contributed by atoms with Crippen molar-refractivity contribution in [3.05, 3.63) is 27.9 Å². The molecule has 0 aliphatic carbocycles. The van der Waals surface area contributed by atoms with Crippen LogP contribution in [-0.2, 0) is 0 Å². The molecule has 4 nitrogen and oxygen atoms in total. The zero-order valence-corrected chi connectivity index (χ0v) is 8.58. The van der Waals surface area contributed by atoms with E-state index in [0.29, 0.717) is 0 Å². The summed E-state index contributed by atoms with van der Waals surface area (Å²) in [5.41, 5.74) is 1.70. The molecule has 0 radical (unpaired) electrons. The van der Waals surface area contributed by atoms with Crippen molar-refractivity contribution in [2.75, 3.05) is 13.1 Å². The molecule has 2 heterocycles. The monoisotopic (exact) mass is 193 g/mol. The van der Waals surface area contributed by atoms with E-state index < -0.39 is 0 Å². The third-order valence-electron chi connectivity index (χ3n) is 2.68. The van der Waals surface area contributed by atoms with E-state index in [-0.39, 0.29) is 11.7 Å². The zero-order valence-electron chi connectivity index (χ0n) is 8.58. The van der Waals surface area contributed by atoms with Gasteiger partial charge in [-0.05, 0) is 32.9 Å². The Morgan fingerprint density at radius 3 is 2.93 bits per heavy atom. The fourth-order valence-corrected chi connectivity index (χ4v) is 2.06. The van der Waals surface area contributed by atoms with E-state index in [4.69, 9.17) is 0 Å². The standard InChI is InChI=1S/C10H15N3O/c1-7-5-8(2)13(10(14)12-7)9-3-4-11-6-9/h5,9,11H,3-4,6H2,1-2H3. The van der Waals surface area contributed by atoms with E-state index in [1.54, 1.807) is 4.57 Å². The Labute approximate surface area is 83.0 Å². The van der Waals surface area contributed by atoms with Gasteiger partial charge < -0.3 is 5.32 Å². The molecule has 1 aliphatic heterocycles. The topological polar surface area (TPSA) is 46.9 Å². The molecule has 0 bridgehead atoms. The van der Waals surface area contributed by atoms with Crippen LogP contribution in [0.1, 0.15) is 23.9 Å². The Morgan fingerprint density at radius 2 is 2.36 bits per heavy atom. The molecule has 1 N–H and O–H groups in total. The van der Waals surface area contributed by atoms with Crippen LogP contribution < -0.4 is 11.0 Å². The second kappa shape index (κ2) is 3.53. The van der Waals surface area contributed by atoms with Crippen LogP contribution in [0.3, 0.4) is 0 Å². The lowest BCUT2D eigenvalue weighted by molar-refractivity contribution is 0.503. The summed E-state index contributed by atoms with van der Waals surface area (Å²) in [6.07, 6.45) is 1.02. The molecule has 4 heteroatoms. The molecule has 1 atom stereocenters. The number of aryl methyl sites for hydroxylation is 2. The highest BCUT2D eigenvalue weighted by atomic mass is 16.1. The van der Waals surface area contributed by atoms with Crippen LogP contribution in [0.2, 0.25) is 0 Å². The molecule has 2 rings (SSSR count). The molecule has 0 spiro atoms. The maximum atomic E-state index is 11.7. The molecular weight excluding hydrogens is 178 g/mol. The van der Waals surface area contributed by atoms with Gasteiger partial charge in [0.1, 0.15) is 0 Å². The Hall–Kier alpha value is -1.16. The number of nitrogens with one attached hydrogen (secondary N) is 1. The van der Waals surface area contributed by atoms with Crippen LogP contribution in [0.15, 0.2) is 10.9 Å². The predicted octanol–water partition coefficient (Wildman–Crippen LogP) is 0.395. The van der Waals surface area contributed by atoms with Gasteiger partial charge in [0.05, 0.1) is 6.04 Å². The Morgan fingerprint density at radius 1 is 1.57 bits per heavy atom. The van der Waals surface area contributed by atoms with Gasteiger partial charge in [0.2, 0.25) is 0 Å². The molecule has 1 fully saturated rings. The van der Waals surface area contributed by atoms with Gasteiger partial charge >= 0.3 is 5.69 Å². The van der Waals surface area contributed by atoms with Crippen LogP contribution in [0.4, 0.5) is 0 Å². The van der Waals surface area contributed by atoms with Crippen molar-refractivity contribution >= 4 is 0 Å². The summed E-state index contributed by atoms with van der Waals surface area (Å²) in [4.78, 5) is 15.6. The second-order valence-electron chi connectivity index (χ2n) is 3.84. The minimum Gasteiger partial charge on any atom is -0.315 e. The maximum Gasteiger partial charge on any atom is 0.348 e. The fourth-order valence-electron chi connectivity index (χ4n) is 2.06. The van der Waals surface area contributed by atoms with E-state index in [0.717, 1.165) is 30.9 Å². The van der Waals surface area contributed by atoms with Gasteiger partial charge in [-0.3, -0.25) is 4.57 Å². The normalized spacial score (nSPS) is 21.4. The average Bonchev–Trinajstić information content (AvgIpc) is 2.54. The smallest absolute Gasteiger partial charge is 0.315 e. The largest absolute Gasteiger partial charge is 0.348 e. The van der Waals surface area contributed by atoms with Crippen LogP contribution in [0.5, 0.6) is 0 Å². The lowest BCUT2D eigenvalue weighted by atomic mass is 10.2. The first kappa shape index (κ1) is 9.40. The van der Waals surface area contributed by atoms with Gasteiger partial charge in [0, 0.05) is 17.9 Å². The summed E-state index contributed by atoms with van der Waals surface area (Å²) in [5.74, 6) is 0. The number of rotatable bonds is 1. The average molecular weight is 193 g/mol. The quantitative estimate of drug-likeness (QED) is 0.702. The van der Waals surface area contributed by atoms with E-state index in [1.807, 2.05) is 19.9 Å². The first-order chi connectivity index (χ1) is 6.68. The number of hydrogen-bond donors (Lipinski definition) is 1. The minimum absolute atomic E-state index is 0.115. The molecular formula is C10H15N3O. The number of nitrogens with zero attached hydrogens (tertiary/aromatic N) is 2. The summed E-state index contributed by atoms with van der Waals surface area (Å²) in [6.45, 7) is 5.69. The molecule has 0 amide bonds. The minimum atomic E-state index is -0.115. The highest BCUT2D eigenvalue weighted by molar-refractivity contribution is 5.08. The zero-order chi connectivity index (χ0) is 10.1. The van der Waals surface area contributed by atoms with Crippen LogP contribution in [0, 0.1) is 13.8 Å². The Bertz CT molecular complexity index is 391. The molecule has 1 unspecified atom stereocenters. The van der Waals surface area contributed by atoms with Gasteiger partial charge in [-0.1, -0.05) is 0 Å². The molecule has 14 heavy (non-hydrogen) atoms. The van der Waals surface area contributed by atoms with Gasteiger partial charge in [-0.2, -0.15) is 4.98 Å². The van der Waals surface area contributed by atoms with Crippen LogP contribution >= 0.6 is 0 Å². The van der Waals surface area contributed by atoms with E-state index in [1.165, 1.54) is 0 Å². The first-order valence-corrected chi connectivity index (χ1v) is 4.96. The van der Waals surface area contributed by atoms with Gasteiger partial charge in [-0.15, -0.1) is 0 Å². The summed E-state index contributed by atoms with van der Waals surface area (Å²) in [6, 6.07) is 2.25. The molecule has 1 aliphatic rings. The van der Waals surface area contributed by atoms with Crippen molar-refractivity contribution in [3.8, 4) is 0 Å². The van der Waals surface area contributed by atoms with Crippen LogP contribution in [0.25, 0.3) is 0 Å². The van der Waals surface area contributed by atoms with Crippen molar-refractivity contribution in [1.29, 1.82) is 0 Å². The van der Waals surface area contributed by atoms with Gasteiger partial charge in [-0.25, -0.2) is 4.79 Å². The summed E-state index contributed by atoms with van der Waals surface area (Å²) in [5, 5.41) is 3.25. The maximum absolute atomic E-state index is 11.7. The molecule has 0 aromatic carbocycles. The van der Waals surface area contributed by atoms with Gasteiger partial charge in [0.15, 0.2) is 0 Å². The van der Waals surface area contributed by atoms with E-state index in [2.05, 4.69) is 10.3 Å². The molecule has 0 saturated carbocycles. The van der Waals surface area contributed by atoms with E-state index in [9.17, 15) is 4.79 Å². The molecule has 1 aromatic rings. The summed E-state index contributed by atoms with van der Waals surface area (Å²) < 4.78 is 1.80. The van der Waals surface area contributed by atoms with E-state index >= 15 is 0 Å². The van der Waals surface area contributed by atoms with Crippen molar-refractivity contribution < 1.29 is 0 Å². The van der Waals surface area contributed by atoms with Crippen molar-refractivity contribution in [2.45, 2.75) is 26.3 Å². The van der Waals surface area contributed by atoms with Crippen LogP contribution in [-0.4, -0.2) is 22.6 Å². The lowest BCUT2D eigenvalue weighted by Crippen LogP contribution is -2.30. The summed E-state index contributed by atoms with van der Waals surface area (Å²) in [7, 11) is 0. The van der Waals surface area contributed by atoms with Crippen molar-refractivity contribution in [3.63, 3.8) is 0 Å². The molecule has 1 aromatic heterocycles. The lowest BCUT2D eigenvalue weighted by Gasteiger charge is -2.15. The third-order valence-corrected chi connectivity index (χ3v) is 2.68. The highest BCUT2D eigenvalue weighted by Gasteiger charge is 2.19. The summed E-state index contributed by atoms with van der Waals surface area (Å²) >= 11 is 0. The highest BCUT2D eigenvalue weighted by Crippen LogP contribution is 2.14. The molecule has 76 valence electrons. The van der Waals surface area contributed by atoms with Crippen molar-refractivity contribution in [2.24, 2.45) is 0 Å². The predicted molar refractivity (Wildman–Crippen MR) is 54.5 cm³/mol. The number of hydrogen-bond acceptors (Lipinski definition) is 3. The van der Waals surface area contributed by atoms with Crippen molar-refractivity contribution in [1.82, 2.24) is 14.9 Å². The number of aromatic nitrogens is 2. The fraction of sp³-hybridized carbons (Fsp3) is 0.600.